The molecule has 1 rings (SSSR count). The Morgan fingerprint density at radius 2 is 2.16 bits per heavy atom. The fourth-order valence-corrected chi connectivity index (χ4v) is 1.80. The normalized spacial score (nSPS) is 10.7. The van der Waals surface area contributed by atoms with Crippen molar-refractivity contribution in [2.24, 2.45) is 0 Å². The number of amides is 1. The molecular formula is C13H20BrN3O2. The second-order valence-corrected chi connectivity index (χ2v) is 5.32. The minimum absolute atomic E-state index is 0.179. The molecular weight excluding hydrogens is 310 g/mol. The van der Waals surface area contributed by atoms with Gasteiger partial charge in [-0.05, 0) is 32.3 Å². The van der Waals surface area contributed by atoms with E-state index in [0.29, 0.717) is 31.0 Å². The Hall–Kier alpha value is -1.11. The predicted octanol–water partition coefficient (Wildman–Crippen LogP) is 1.34. The summed E-state index contributed by atoms with van der Waals surface area (Å²) in [5.74, 6) is -0.179. The van der Waals surface area contributed by atoms with Crippen LogP contribution in [0.4, 0.5) is 5.69 Å². The molecule has 0 spiro atoms. The number of carbonyl (C=O) groups excluding carboxylic acids is 1. The highest BCUT2D eigenvalue weighted by atomic mass is 79.9. The predicted molar refractivity (Wildman–Crippen MR) is 80.3 cm³/mol. The largest absolute Gasteiger partial charge is 0.398 e. The fourth-order valence-electron chi connectivity index (χ4n) is 1.42. The van der Waals surface area contributed by atoms with Gasteiger partial charge < -0.3 is 20.7 Å². The second kappa shape index (κ2) is 8.14. The van der Waals surface area contributed by atoms with Gasteiger partial charge in [-0.25, -0.2) is 0 Å². The van der Waals surface area contributed by atoms with Gasteiger partial charge in [-0.2, -0.15) is 0 Å². The van der Waals surface area contributed by atoms with Crippen molar-refractivity contribution in [3.05, 3.63) is 28.2 Å². The quantitative estimate of drug-likeness (QED) is 0.585. The van der Waals surface area contributed by atoms with Gasteiger partial charge in [0.15, 0.2) is 0 Å². The molecule has 0 atom stereocenters. The van der Waals surface area contributed by atoms with E-state index in [1.807, 2.05) is 19.0 Å². The van der Waals surface area contributed by atoms with E-state index in [-0.39, 0.29) is 5.91 Å². The summed E-state index contributed by atoms with van der Waals surface area (Å²) in [6.07, 6.45) is 0. The maximum absolute atomic E-state index is 11.8. The second-order valence-electron chi connectivity index (χ2n) is 4.40. The molecule has 0 saturated heterocycles. The van der Waals surface area contributed by atoms with Crippen LogP contribution in [0.1, 0.15) is 10.4 Å². The average Bonchev–Trinajstić information content (AvgIpc) is 2.32. The zero-order chi connectivity index (χ0) is 14.3. The van der Waals surface area contributed by atoms with E-state index in [2.05, 4.69) is 21.2 Å². The molecule has 0 aliphatic heterocycles. The standard InChI is InChI=1S/C13H20BrN3O2/c1-17(2)6-8-19-7-5-16-13(18)11-4-3-10(14)9-12(11)15/h3-4,9H,5-8,15H2,1-2H3,(H,16,18). The SMILES string of the molecule is CN(C)CCOCCNC(=O)c1ccc(Br)cc1N. The molecule has 5 nitrogen and oxygen atoms in total. The van der Waals surface area contributed by atoms with Gasteiger partial charge in [-0.1, -0.05) is 15.9 Å². The smallest absolute Gasteiger partial charge is 0.253 e. The average molecular weight is 330 g/mol. The number of rotatable bonds is 7. The van der Waals surface area contributed by atoms with Gasteiger partial charge >= 0.3 is 0 Å². The monoisotopic (exact) mass is 329 g/mol. The lowest BCUT2D eigenvalue weighted by atomic mass is 10.1. The number of hydrogen-bond donors (Lipinski definition) is 2. The Balaban J connectivity index is 2.28. The molecule has 0 heterocycles. The van der Waals surface area contributed by atoms with Crippen molar-refractivity contribution in [1.82, 2.24) is 10.2 Å². The highest BCUT2D eigenvalue weighted by molar-refractivity contribution is 9.10. The molecule has 1 aromatic rings. The van der Waals surface area contributed by atoms with Gasteiger partial charge in [-0.3, -0.25) is 4.79 Å². The zero-order valence-electron chi connectivity index (χ0n) is 11.3. The minimum Gasteiger partial charge on any atom is -0.398 e. The lowest BCUT2D eigenvalue weighted by Gasteiger charge is -2.11. The number of hydrogen-bond acceptors (Lipinski definition) is 4. The van der Waals surface area contributed by atoms with Crippen molar-refractivity contribution in [2.45, 2.75) is 0 Å². The Morgan fingerprint density at radius 1 is 1.42 bits per heavy atom. The third-order valence-electron chi connectivity index (χ3n) is 2.47. The van der Waals surface area contributed by atoms with Gasteiger partial charge in [0.25, 0.3) is 5.91 Å². The van der Waals surface area contributed by atoms with Gasteiger partial charge in [-0.15, -0.1) is 0 Å². The van der Waals surface area contributed by atoms with Gasteiger partial charge in [0.05, 0.1) is 18.8 Å². The molecule has 0 radical (unpaired) electrons. The maximum Gasteiger partial charge on any atom is 0.253 e. The molecule has 1 aromatic carbocycles. The van der Waals surface area contributed by atoms with Crippen LogP contribution in [0.5, 0.6) is 0 Å². The van der Waals surface area contributed by atoms with Crippen molar-refractivity contribution in [3.8, 4) is 0 Å². The number of likely N-dealkylation sites (N-methyl/N-ethyl adjacent to an activating group) is 1. The van der Waals surface area contributed by atoms with Crippen LogP contribution in [0.25, 0.3) is 0 Å². The summed E-state index contributed by atoms with van der Waals surface area (Å²) in [5.41, 5.74) is 6.72. The number of anilines is 1. The summed E-state index contributed by atoms with van der Waals surface area (Å²) < 4.78 is 6.24. The summed E-state index contributed by atoms with van der Waals surface area (Å²) in [6, 6.07) is 5.20. The van der Waals surface area contributed by atoms with Gasteiger partial charge in [0.1, 0.15) is 0 Å². The molecule has 1 amide bonds. The Kier molecular flexibility index (Phi) is 6.83. The van der Waals surface area contributed by atoms with Crippen molar-refractivity contribution in [2.75, 3.05) is 46.1 Å². The van der Waals surface area contributed by atoms with E-state index in [0.717, 1.165) is 11.0 Å². The topological polar surface area (TPSA) is 67.6 Å². The third-order valence-corrected chi connectivity index (χ3v) is 2.97. The van der Waals surface area contributed by atoms with Gasteiger partial charge in [0.2, 0.25) is 0 Å². The van der Waals surface area contributed by atoms with Gasteiger partial charge in [0, 0.05) is 23.2 Å². The number of nitrogens with two attached hydrogens (primary N) is 1. The first kappa shape index (κ1) is 15.9. The van der Waals surface area contributed by atoms with E-state index in [1.54, 1.807) is 18.2 Å². The van der Waals surface area contributed by atoms with Crippen molar-refractivity contribution < 1.29 is 9.53 Å². The molecule has 0 unspecified atom stereocenters. The van der Waals surface area contributed by atoms with Crippen LogP contribution >= 0.6 is 15.9 Å². The summed E-state index contributed by atoms with van der Waals surface area (Å²) in [5, 5.41) is 2.77. The zero-order valence-corrected chi connectivity index (χ0v) is 12.9. The number of benzene rings is 1. The minimum atomic E-state index is -0.179. The first-order valence-corrected chi connectivity index (χ1v) is 6.85. The Labute approximate surface area is 122 Å². The van der Waals surface area contributed by atoms with E-state index in [9.17, 15) is 4.79 Å². The Bertz CT molecular complexity index is 424. The number of nitrogen functional groups attached to an aromatic ring is 1. The molecule has 106 valence electrons. The van der Waals surface area contributed by atoms with E-state index in [1.165, 1.54) is 0 Å². The van der Waals surface area contributed by atoms with Crippen LogP contribution in [0.2, 0.25) is 0 Å². The Morgan fingerprint density at radius 3 is 2.79 bits per heavy atom. The first-order chi connectivity index (χ1) is 9.00. The summed E-state index contributed by atoms with van der Waals surface area (Å²) in [6.45, 7) is 2.49. The summed E-state index contributed by atoms with van der Waals surface area (Å²) in [7, 11) is 3.98. The molecule has 0 aliphatic carbocycles. The van der Waals surface area contributed by atoms with Crippen molar-refractivity contribution in [3.63, 3.8) is 0 Å². The highest BCUT2D eigenvalue weighted by Gasteiger charge is 2.08. The molecule has 0 saturated carbocycles. The van der Waals surface area contributed by atoms with E-state index in [4.69, 9.17) is 10.5 Å². The number of halogens is 1. The molecule has 0 aromatic heterocycles. The molecule has 0 bridgehead atoms. The van der Waals surface area contributed by atoms with Crippen LogP contribution < -0.4 is 11.1 Å². The van der Waals surface area contributed by atoms with Crippen LogP contribution in [0.3, 0.4) is 0 Å². The van der Waals surface area contributed by atoms with Crippen LogP contribution in [-0.4, -0.2) is 51.2 Å². The highest BCUT2D eigenvalue weighted by Crippen LogP contribution is 2.18. The molecule has 6 heteroatoms. The third kappa shape index (κ3) is 6.04. The maximum atomic E-state index is 11.8. The summed E-state index contributed by atoms with van der Waals surface area (Å²) in [4.78, 5) is 13.9. The lowest BCUT2D eigenvalue weighted by Crippen LogP contribution is -2.28. The van der Waals surface area contributed by atoms with Crippen LogP contribution in [0, 0.1) is 0 Å². The van der Waals surface area contributed by atoms with E-state index < -0.39 is 0 Å². The molecule has 0 aliphatic rings. The number of carbonyl (C=O) groups is 1. The lowest BCUT2D eigenvalue weighted by molar-refractivity contribution is 0.0901. The number of ether oxygens (including phenoxy) is 1. The fraction of sp³-hybridized carbons (Fsp3) is 0.462. The molecule has 19 heavy (non-hydrogen) atoms. The van der Waals surface area contributed by atoms with Crippen LogP contribution in [0.15, 0.2) is 22.7 Å². The first-order valence-electron chi connectivity index (χ1n) is 6.06. The molecule has 3 N–H and O–H groups in total. The number of nitrogens with zero attached hydrogens (tertiary/aromatic N) is 1. The van der Waals surface area contributed by atoms with Crippen molar-refractivity contribution in [1.29, 1.82) is 0 Å². The van der Waals surface area contributed by atoms with E-state index >= 15 is 0 Å². The number of nitrogens with one attached hydrogen (secondary N) is 1. The summed E-state index contributed by atoms with van der Waals surface area (Å²) >= 11 is 3.30. The van der Waals surface area contributed by atoms with Crippen molar-refractivity contribution >= 4 is 27.5 Å². The van der Waals surface area contributed by atoms with Crippen LogP contribution in [-0.2, 0) is 4.74 Å². The molecule has 0 fully saturated rings.